The van der Waals surface area contributed by atoms with Crippen LogP contribution in [0.2, 0.25) is 0 Å². The van der Waals surface area contributed by atoms with Crippen LogP contribution in [0.15, 0.2) is 91.0 Å². The van der Waals surface area contributed by atoms with Crippen molar-refractivity contribution in [2.45, 2.75) is 19.1 Å². The summed E-state index contributed by atoms with van der Waals surface area (Å²) in [4.78, 5) is 12.3. The second-order valence-corrected chi connectivity index (χ2v) is 8.40. The lowest BCUT2D eigenvalue weighted by Crippen LogP contribution is -2.27. The minimum absolute atomic E-state index is 0.00787. The van der Waals surface area contributed by atoms with Crippen molar-refractivity contribution in [3.63, 3.8) is 0 Å². The zero-order valence-electron chi connectivity index (χ0n) is 19.1. The number of aromatic carboxylic acids is 1. The third-order valence-electron chi connectivity index (χ3n) is 6.20. The first-order chi connectivity index (χ1) is 17.4. The molecule has 7 heteroatoms. The van der Waals surface area contributed by atoms with Gasteiger partial charge in [0.15, 0.2) is 0 Å². The van der Waals surface area contributed by atoms with Crippen LogP contribution in [0.3, 0.4) is 0 Å². The SMILES string of the molecule is O=C([O-])c1c(-c2ccccc2C(F)(F)F)c2ccccc2n1CCCOc1cccc2ccccc12. The second-order valence-electron chi connectivity index (χ2n) is 8.40. The molecule has 0 aliphatic carbocycles. The summed E-state index contributed by atoms with van der Waals surface area (Å²) in [7, 11) is 0. The van der Waals surface area contributed by atoms with Gasteiger partial charge in [-0.3, -0.25) is 0 Å². The summed E-state index contributed by atoms with van der Waals surface area (Å²) in [5.74, 6) is -0.821. The highest BCUT2D eigenvalue weighted by Crippen LogP contribution is 2.42. The van der Waals surface area contributed by atoms with Crippen LogP contribution in [0.5, 0.6) is 5.75 Å². The van der Waals surface area contributed by atoms with Crippen molar-refractivity contribution in [2.24, 2.45) is 0 Å². The molecular weight excluding hydrogens is 467 g/mol. The zero-order chi connectivity index (χ0) is 25.3. The normalized spacial score (nSPS) is 11.8. The number of hydrogen-bond donors (Lipinski definition) is 0. The van der Waals surface area contributed by atoms with Gasteiger partial charge in [0.2, 0.25) is 0 Å². The van der Waals surface area contributed by atoms with Crippen LogP contribution < -0.4 is 9.84 Å². The predicted molar refractivity (Wildman–Crippen MR) is 131 cm³/mol. The molecule has 5 aromatic rings. The topological polar surface area (TPSA) is 54.3 Å². The Hall–Kier alpha value is -4.26. The minimum Gasteiger partial charge on any atom is -0.543 e. The summed E-state index contributed by atoms with van der Waals surface area (Å²) in [5, 5.41) is 14.7. The molecule has 0 unspecified atom stereocenters. The molecule has 0 aliphatic rings. The van der Waals surface area contributed by atoms with Gasteiger partial charge in [-0.15, -0.1) is 0 Å². The molecule has 0 spiro atoms. The summed E-state index contributed by atoms with van der Waals surface area (Å²) in [6, 6.07) is 25.3. The quantitative estimate of drug-likeness (QED) is 0.252. The Kier molecular flexibility index (Phi) is 6.14. The third kappa shape index (κ3) is 4.28. The van der Waals surface area contributed by atoms with E-state index < -0.39 is 17.7 Å². The number of nitrogens with zero attached hydrogens (tertiary/aromatic N) is 1. The van der Waals surface area contributed by atoms with Gasteiger partial charge in [0, 0.05) is 28.4 Å². The maximum atomic E-state index is 13.8. The summed E-state index contributed by atoms with van der Waals surface area (Å²) in [6.07, 6.45) is -4.21. The van der Waals surface area contributed by atoms with Gasteiger partial charge < -0.3 is 19.2 Å². The molecule has 0 aliphatic heterocycles. The van der Waals surface area contributed by atoms with Gasteiger partial charge in [0.05, 0.1) is 23.8 Å². The molecule has 36 heavy (non-hydrogen) atoms. The lowest BCUT2D eigenvalue weighted by Gasteiger charge is -2.16. The van der Waals surface area contributed by atoms with Crippen LogP contribution >= 0.6 is 0 Å². The van der Waals surface area contributed by atoms with E-state index in [1.165, 1.54) is 22.8 Å². The summed E-state index contributed by atoms with van der Waals surface area (Å²) < 4.78 is 48.9. The number of fused-ring (bicyclic) bond motifs is 2. The van der Waals surface area contributed by atoms with E-state index in [9.17, 15) is 23.1 Å². The first-order valence-corrected chi connectivity index (χ1v) is 11.5. The van der Waals surface area contributed by atoms with Gasteiger partial charge in [0.25, 0.3) is 0 Å². The highest BCUT2D eigenvalue weighted by Gasteiger charge is 2.35. The van der Waals surface area contributed by atoms with Crippen LogP contribution in [-0.2, 0) is 12.7 Å². The van der Waals surface area contributed by atoms with Crippen LogP contribution in [0, 0.1) is 0 Å². The number of carbonyl (C=O) groups excluding carboxylic acids is 1. The summed E-state index contributed by atoms with van der Waals surface area (Å²) in [6.45, 7) is 0.518. The Labute approximate surface area is 205 Å². The molecule has 0 N–H and O–H groups in total. The minimum atomic E-state index is -4.64. The van der Waals surface area contributed by atoms with Crippen molar-refractivity contribution >= 4 is 27.6 Å². The Morgan fingerprint density at radius 3 is 2.28 bits per heavy atom. The molecule has 4 aromatic carbocycles. The van der Waals surface area contributed by atoms with Crippen LogP contribution in [0.25, 0.3) is 32.8 Å². The van der Waals surface area contributed by atoms with Crippen molar-refractivity contribution in [2.75, 3.05) is 6.61 Å². The van der Waals surface area contributed by atoms with E-state index in [0.29, 0.717) is 29.7 Å². The van der Waals surface area contributed by atoms with Gasteiger partial charge in [0.1, 0.15) is 5.75 Å². The van der Waals surface area contributed by atoms with Crippen LogP contribution in [0.4, 0.5) is 13.2 Å². The molecule has 1 heterocycles. The molecule has 0 fully saturated rings. The fourth-order valence-electron chi connectivity index (χ4n) is 4.70. The van der Waals surface area contributed by atoms with Gasteiger partial charge in [-0.1, -0.05) is 72.8 Å². The second kappa shape index (κ2) is 9.41. The monoisotopic (exact) mass is 488 g/mol. The number of carbonyl (C=O) groups is 1. The van der Waals surface area contributed by atoms with Crippen LogP contribution in [0.1, 0.15) is 22.5 Å². The molecule has 0 saturated carbocycles. The van der Waals surface area contributed by atoms with Crippen molar-refractivity contribution in [1.82, 2.24) is 4.57 Å². The number of carboxylic acids is 1. The van der Waals surface area contributed by atoms with Crippen molar-refractivity contribution in [3.8, 4) is 16.9 Å². The van der Waals surface area contributed by atoms with Gasteiger partial charge in [-0.25, -0.2) is 0 Å². The highest BCUT2D eigenvalue weighted by atomic mass is 19.4. The van der Waals surface area contributed by atoms with E-state index >= 15 is 0 Å². The molecule has 4 nitrogen and oxygen atoms in total. The average molecular weight is 488 g/mol. The van der Waals surface area contributed by atoms with E-state index in [2.05, 4.69) is 0 Å². The Bertz CT molecular complexity index is 1560. The smallest absolute Gasteiger partial charge is 0.417 e. The standard InChI is InChI=1S/C29H22F3NO3/c30-29(31,32)23-14-5-3-12-21(23)26-22-13-4-6-15-24(22)33(27(26)28(34)35)17-8-18-36-25-16-7-10-19-9-1-2-11-20(19)25/h1-7,9-16H,8,17-18H2,(H,34,35)/p-1. The summed E-state index contributed by atoms with van der Waals surface area (Å²) in [5.41, 5.74) is -0.832. The summed E-state index contributed by atoms with van der Waals surface area (Å²) >= 11 is 0. The van der Waals surface area contributed by atoms with Gasteiger partial charge in [-0.05, 0) is 35.6 Å². The molecule has 182 valence electrons. The van der Waals surface area contributed by atoms with Crippen molar-refractivity contribution in [3.05, 3.63) is 102 Å². The largest absolute Gasteiger partial charge is 0.543 e. The number of aryl methyl sites for hydroxylation is 1. The number of halogens is 3. The fourth-order valence-corrected chi connectivity index (χ4v) is 4.70. The molecule has 0 atom stereocenters. The highest BCUT2D eigenvalue weighted by molar-refractivity contribution is 6.08. The van der Waals surface area contributed by atoms with E-state index in [-0.39, 0.29) is 23.4 Å². The Morgan fingerprint density at radius 1 is 0.833 bits per heavy atom. The third-order valence-corrected chi connectivity index (χ3v) is 6.20. The van der Waals surface area contributed by atoms with E-state index in [0.717, 1.165) is 16.8 Å². The average Bonchev–Trinajstić information content (AvgIpc) is 3.20. The fraction of sp³-hybridized carbons (Fsp3) is 0.138. The first-order valence-electron chi connectivity index (χ1n) is 11.5. The number of aromatic nitrogens is 1. The number of alkyl halides is 3. The maximum absolute atomic E-state index is 13.8. The van der Waals surface area contributed by atoms with E-state index in [1.54, 1.807) is 24.3 Å². The predicted octanol–water partition coefficient (Wildman–Crippen LogP) is 6.31. The molecule has 5 rings (SSSR count). The number of hydrogen-bond acceptors (Lipinski definition) is 3. The lowest BCUT2D eigenvalue weighted by atomic mass is 9.96. The van der Waals surface area contributed by atoms with Crippen molar-refractivity contribution < 1.29 is 27.8 Å². The van der Waals surface area contributed by atoms with Crippen molar-refractivity contribution in [1.29, 1.82) is 0 Å². The molecule has 1 aromatic heterocycles. The number of para-hydroxylation sites is 1. The van der Waals surface area contributed by atoms with E-state index in [4.69, 9.17) is 4.74 Å². The Morgan fingerprint density at radius 2 is 1.50 bits per heavy atom. The van der Waals surface area contributed by atoms with Gasteiger partial charge >= 0.3 is 6.18 Å². The Balaban J connectivity index is 1.51. The molecule has 0 amide bonds. The lowest BCUT2D eigenvalue weighted by molar-refractivity contribution is -0.255. The number of carboxylic acid groups (broad SMARTS) is 1. The molecular formula is C29H21F3NO3-. The van der Waals surface area contributed by atoms with E-state index in [1.807, 2.05) is 42.5 Å². The zero-order valence-corrected chi connectivity index (χ0v) is 19.1. The van der Waals surface area contributed by atoms with Gasteiger partial charge in [-0.2, -0.15) is 13.2 Å². The maximum Gasteiger partial charge on any atom is 0.417 e. The first kappa shape index (κ1) is 23.5. The number of rotatable bonds is 7. The molecule has 0 saturated heterocycles. The molecule has 0 radical (unpaired) electrons. The van der Waals surface area contributed by atoms with Crippen LogP contribution in [-0.4, -0.2) is 17.1 Å². The number of ether oxygens (including phenoxy) is 1. The number of benzene rings is 4. The molecule has 0 bridgehead atoms.